The number of halogens is 5. The third-order valence-corrected chi connectivity index (χ3v) is 3.95. The van der Waals surface area contributed by atoms with E-state index in [1.54, 1.807) is 0 Å². The molecule has 120 valence electrons. The van der Waals surface area contributed by atoms with Gasteiger partial charge in [0.15, 0.2) is 0 Å². The minimum atomic E-state index is -4.46. The fourth-order valence-corrected chi connectivity index (χ4v) is 2.75. The fraction of sp³-hybridized carbons (Fsp3) is 0.176. The summed E-state index contributed by atoms with van der Waals surface area (Å²) in [5.41, 5.74) is 1.37. The van der Waals surface area contributed by atoms with E-state index in [9.17, 15) is 17.6 Å². The van der Waals surface area contributed by atoms with E-state index in [2.05, 4.69) is 0 Å². The van der Waals surface area contributed by atoms with Gasteiger partial charge in [-0.05, 0) is 47.0 Å². The number of alkyl halides is 4. The average Bonchev–Trinajstić information content (AvgIpc) is 2.53. The first-order valence-corrected chi connectivity index (χ1v) is 7.32. The topological polar surface area (TPSA) is 9.23 Å². The van der Waals surface area contributed by atoms with Crippen LogP contribution in [0.1, 0.15) is 16.7 Å². The summed E-state index contributed by atoms with van der Waals surface area (Å²) in [4.78, 5) is 0. The summed E-state index contributed by atoms with van der Waals surface area (Å²) in [7, 11) is 0. The monoisotopic (exact) mass is 342 g/mol. The largest absolute Gasteiger partial charge is 0.489 e. The van der Waals surface area contributed by atoms with Crippen molar-refractivity contribution < 1.29 is 22.3 Å². The summed E-state index contributed by atoms with van der Waals surface area (Å²) >= 11 is 5.92. The molecule has 1 aliphatic rings. The van der Waals surface area contributed by atoms with Crippen LogP contribution >= 0.6 is 11.6 Å². The van der Waals surface area contributed by atoms with Gasteiger partial charge in [-0.15, -0.1) is 11.6 Å². The van der Waals surface area contributed by atoms with Gasteiger partial charge in [-0.2, -0.15) is 13.2 Å². The van der Waals surface area contributed by atoms with E-state index < -0.39 is 17.6 Å². The van der Waals surface area contributed by atoms with Crippen molar-refractivity contribution in [2.75, 3.05) is 12.5 Å². The van der Waals surface area contributed by atoms with Gasteiger partial charge in [0.25, 0.3) is 0 Å². The molecule has 23 heavy (non-hydrogen) atoms. The predicted octanol–water partition coefficient (Wildman–Crippen LogP) is 5.28. The van der Waals surface area contributed by atoms with Gasteiger partial charge in [-0.25, -0.2) is 4.39 Å². The van der Waals surface area contributed by atoms with Gasteiger partial charge in [0.1, 0.15) is 18.2 Å². The molecule has 3 rings (SSSR count). The van der Waals surface area contributed by atoms with Crippen LogP contribution in [0.4, 0.5) is 17.6 Å². The lowest BCUT2D eigenvalue weighted by Gasteiger charge is -2.24. The van der Waals surface area contributed by atoms with Crippen LogP contribution in [-0.2, 0) is 6.18 Å². The number of benzene rings is 2. The van der Waals surface area contributed by atoms with Crippen LogP contribution in [0.25, 0.3) is 5.57 Å². The lowest BCUT2D eigenvalue weighted by atomic mass is 9.90. The normalized spacial score (nSPS) is 14.5. The number of rotatable bonds is 2. The van der Waals surface area contributed by atoms with E-state index in [-0.39, 0.29) is 12.5 Å². The van der Waals surface area contributed by atoms with Crippen LogP contribution in [0.15, 0.2) is 48.0 Å². The smallest absolute Gasteiger partial charge is 0.416 e. The molecule has 0 amide bonds. The van der Waals surface area contributed by atoms with Crippen molar-refractivity contribution in [1.29, 1.82) is 0 Å². The summed E-state index contributed by atoms with van der Waals surface area (Å²) in [6.07, 6.45) is -4.46. The summed E-state index contributed by atoms with van der Waals surface area (Å²) in [5.74, 6) is 0.0480. The highest BCUT2D eigenvalue weighted by Gasteiger charge is 2.32. The molecule has 0 N–H and O–H groups in total. The zero-order valence-corrected chi connectivity index (χ0v) is 12.5. The molecule has 2 aromatic carbocycles. The van der Waals surface area contributed by atoms with Gasteiger partial charge in [0.2, 0.25) is 0 Å². The van der Waals surface area contributed by atoms with Crippen molar-refractivity contribution in [3.63, 3.8) is 0 Å². The predicted molar refractivity (Wildman–Crippen MR) is 80.1 cm³/mol. The van der Waals surface area contributed by atoms with Gasteiger partial charge in [-0.1, -0.05) is 12.1 Å². The number of ether oxygens (including phenoxy) is 1. The van der Waals surface area contributed by atoms with Gasteiger partial charge in [0.05, 0.1) is 5.56 Å². The zero-order valence-electron chi connectivity index (χ0n) is 11.8. The third kappa shape index (κ3) is 3.06. The Hall–Kier alpha value is -2.01. The van der Waals surface area contributed by atoms with E-state index in [4.69, 9.17) is 16.3 Å². The first-order chi connectivity index (χ1) is 10.9. The molecular formula is C17H11ClF4O. The highest BCUT2D eigenvalue weighted by molar-refractivity contribution is 6.20. The molecule has 0 unspecified atom stereocenters. The second-order valence-corrected chi connectivity index (χ2v) is 5.38. The Bertz CT molecular complexity index is 763. The Kier molecular flexibility index (Phi) is 4.06. The van der Waals surface area contributed by atoms with Gasteiger partial charge in [0, 0.05) is 11.4 Å². The van der Waals surface area contributed by atoms with Gasteiger partial charge < -0.3 is 4.74 Å². The molecule has 0 aliphatic carbocycles. The van der Waals surface area contributed by atoms with E-state index >= 15 is 0 Å². The minimum Gasteiger partial charge on any atom is -0.489 e. The van der Waals surface area contributed by atoms with E-state index in [0.717, 1.165) is 12.1 Å². The van der Waals surface area contributed by atoms with Crippen LogP contribution in [-0.4, -0.2) is 12.5 Å². The summed E-state index contributed by atoms with van der Waals surface area (Å²) in [5, 5.41) is 0. The Morgan fingerprint density at radius 3 is 2.35 bits per heavy atom. The van der Waals surface area contributed by atoms with Crippen molar-refractivity contribution >= 4 is 17.2 Å². The van der Waals surface area contributed by atoms with E-state index in [1.807, 2.05) is 0 Å². The van der Waals surface area contributed by atoms with Crippen molar-refractivity contribution in [2.45, 2.75) is 6.18 Å². The molecule has 0 saturated carbocycles. The molecule has 0 atom stereocenters. The van der Waals surface area contributed by atoms with Crippen molar-refractivity contribution in [3.8, 4) is 5.75 Å². The SMILES string of the molecule is Fc1ccc(C2=C(CCl)COc3ccc(C(F)(F)F)cc32)cc1. The molecule has 0 radical (unpaired) electrons. The molecule has 1 nitrogen and oxygen atoms in total. The first-order valence-electron chi connectivity index (χ1n) is 6.78. The van der Waals surface area contributed by atoms with Crippen LogP contribution in [0.2, 0.25) is 0 Å². The molecule has 6 heteroatoms. The van der Waals surface area contributed by atoms with Gasteiger partial charge in [-0.3, -0.25) is 0 Å². The van der Waals surface area contributed by atoms with Crippen LogP contribution < -0.4 is 4.74 Å². The van der Waals surface area contributed by atoms with E-state index in [1.165, 1.54) is 30.3 Å². The lowest BCUT2D eigenvalue weighted by molar-refractivity contribution is -0.137. The molecule has 0 fully saturated rings. The zero-order chi connectivity index (χ0) is 16.6. The summed E-state index contributed by atoms with van der Waals surface area (Å²) in [6, 6.07) is 8.88. The van der Waals surface area contributed by atoms with Crippen molar-refractivity contribution in [1.82, 2.24) is 0 Å². The molecule has 0 spiro atoms. The first kappa shape index (κ1) is 15.9. The molecule has 1 aliphatic heterocycles. The van der Waals surface area contributed by atoms with Crippen LogP contribution in [0.5, 0.6) is 5.75 Å². The van der Waals surface area contributed by atoms with Gasteiger partial charge >= 0.3 is 6.18 Å². The number of hydrogen-bond acceptors (Lipinski definition) is 1. The highest BCUT2D eigenvalue weighted by atomic mass is 35.5. The Balaban J connectivity index is 2.20. The minimum absolute atomic E-state index is 0.113. The van der Waals surface area contributed by atoms with Crippen molar-refractivity contribution in [2.24, 2.45) is 0 Å². The van der Waals surface area contributed by atoms with E-state index in [0.29, 0.717) is 28.0 Å². The molecule has 0 saturated heterocycles. The average molecular weight is 343 g/mol. The summed E-state index contributed by atoms with van der Waals surface area (Å²) in [6.45, 7) is 0.189. The Morgan fingerprint density at radius 2 is 1.74 bits per heavy atom. The van der Waals surface area contributed by atoms with Crippen LogP contribution in [0, 0.1) is 5.82 Å². The maximum atomic E-state index is 13.1. The van der Waals surface area contributed by atoms with Crippen LogP contribution in [0.3, 0.4) is 0 Å². The number of fused-ring (bicyclic) bond motifs is 1. The maximum Gasteiger partial charge on any atom is 0.416 e. The fourth-order valence-electron chi connectivity index (χ4n) is 2.54. The molecular weight excluding hydrogens is 332 g/mol. The summed E-state index contributed by atoms with van der Waals surface area (Å²) < 4.78 is 57.6. The highest BCUT2D eigenvalue weighted by Crippen LogP contribution is 2.41. The third-order valence-electron chi connectivity index (χ3n) is 3.63. The molecule has 0 bridgehead atoms. The second-order valence-electron chi connectivity index (χ2n) is 5.12. The quantitative estimate of drug-likeness (QED) is 0.533. The van der Waals surface area contributed by atoms with Crippen molar-refractivity contribution in [3.05, 3.63) is 70.5 Å². The molecule has 1 heterocycles. The number of hydrogen-bond donors (Lipinski definition) is 0. The Labute approximate surface area is 135 Å². The molecule has 2 aromatic rings. The molecule has 0 aromatic heterocycles. The lowest BCUT2D eigenvalue weighted by Crippen LogP contribution is -2.15. The second kappa shape index (κ2) is 5.89. The standard InChI is InChI=1S/C17H11ClF4O/c18-8-11-9-23-15-6-3-12(17(20,21)22)7-14(15)16(11)10-1-4-13(19)5-2-10/h1-7H,8-9H2. The maximum absolute atomic E-state index is 13.1. The Morgan fingerprint density at radius 1 is 1.04 bits per heavy atom.